The molecule has 1 aliphatic rings. The second-order valence-electron chi connectivity index (χ2n) is 5.05. The summed E-state index contributed by atoms with van der Waals surface area (Å²) >= 11 is 0. The van der Waals surface area contributed by atoms with E-state index in [0.717, 1.165) is 11.9 Å². The quantitative estimate of drug-likeness (QED) is 0.809. The first-order valence-corrected chi connectivity index (χ1v) is 7.09. The molecule has 3 heterocycles. The third kappa shape index (κ3) is 3.23. The molecule has 0 aromatic carbocycles. The van der Waals surface area contributed by atoms with E-state index in [9.17, 15) is 0 Å². The molecule has 5 heteroatoms. The maximum Gasteiger partial charge on any atom is 0.296 e. The summed E-state index contributed by atoms with van der Waals surface area (Å²) in [5, 5.41) is 3.55. The molecule has 0 amide bonds. The van der Waals surface area contributed by atoms with Crippen LogP contribution in [-0.2, 0) is 0 Å². The van der Waals surface area contributed by atoms with Crippen LogP contribution in [0.2, 0.25) is 0 Å². The smallest absolute Gasteiger partial charge is 0.296 e. The Bertz CT molecular complexity index is 486. The first-order valence-electron chi connectivity index (χ1n) is 7.09. The van der Waals surface area contributed by atoms with Crippen molar-refractivity contribution in [3.63, 3.8) is 0 Å². The van der Waals surface area contributed by atoms with Crippen LogP contribution in [0.25, 0.3) is 11.2 Å². The van der Waals surface area contributed by atoms with Gasteiger partial charge >= 0.3 is 0 Å². The van der Waals surface area contributed by atoms with Crippen LogP contribution in [0, 0.1) is 0 Å². The number of rotatable bonds is 5. The molecule has 0 radical (unpaired) electrons. The number of nitrogens with one attached hydrogen (secondary N) is 2. The number of aromatic amines is 1. The third-order valence-corrected chi connectivity index (χ3v) is 3.58. The van der Waals surface area contributed by atoms with E-state index in [0.29, 0.717) is 24.3 Å². The Kier molecular flexibility index (Phi) is 3.93. The maximum atomic E-state index is 5.65. The van der Waals surface area contributed by atoms with Gasteiger partial charge in [0, 0.05) is 12.2 Å². The van der Waals surface area contributed by atoms with Gasteiger partial charge in [0.1, 0.15) is 0 Å². The third-order valence-electron chi connectivity index (χ3n) is 3.58. The molecule has 1 atom stereocenters. The van der Waals surface area contributed by atoms with Crippen LogP contribution in [-0.4, -0.2) is 34.1 Å². The zero-order chi connectivity index (χ0) is 12.9. The minimum Gasteiger partial charge on any atom is -0.465 e. The van der Waals surface area contributed by atoms with Crippen molar-refractivity contribution < 1.29 is 4.74 Å². The fourth-order valence-electron chi connectivity index (χ4n) is 2.56. The van der Waals surface area contributed by atoms with Gasteiger partial charge in [-0.15, -0.1) is 0 Å². The molecule has 1 aliphatic heterocycles. The average molecular weight is 260 g/mol. The van der Waals surface area contributed by atoms with Gasteiger partial charge in [0.25, 0.3) is 6.01 Å². The number of pyridine rings is 1. The van der Waals surface area contributed by atoms with Crippen LogP contribution in [0.15, 0.2) is 18.3 Å². The lowest BCUT2D eigenvalue weighted by Crippen LogP contribution is -2.34. The van der Waals surface area contributed by atoms with Gasteiger partial charge in [0.15, 0.2) is 5.65 Å². The Morgan fingerprint density at radius 2 is 2.37 bits per heavy atom. The number of hydrogen-bond donors (Lipinski definition) is 2. The molecule has 1 fully saturated rings. The minimum absolute atomic E-state index is 0.574. The SMILES string of the molecule is c1cnc2nc(OCCC[C@H]3CCCCN3)[nH]c2c1. The monoisotopic (exact) mass is 260 g/mol. The van der Waals surface area contributed by atoms with Crippen molar-refractivity contribution in [2.75, 3.05) is 13.2 Å². The summed E-state index contributed by atoms with van der Waals surface area (Å²) in [4.78, 5) is 11.6. The van der Waals surface area contributed by atoms with Gasteiger partial charge in [-0.05, 0) is 44.4 Å². The number of H-pyrrole nitrogens is 1. The van der Waals surface area contributed by atoms with Crippen molar-refractivity contribution in [2.24, 2.45) is 0 Å². The van der Waals surface area contributed by atoms with E-state index < -0.39 is 0 Å². The molecule has 0 bridgehead atoms. The maximum absolute atomic E-state index is 5.65. The predicted octanol–water partition coefficient (Wildman–Crippen LogP) is 2.26. The largest absolute Gasteiger partial charge is 0.465 e. The molecule has 0 spiro atoms. The minimum atomic E-state index is 0.574. The lowest BCUT2D eigenvalue weighted by molar-refractivity contribution is 0.270. The second kappa shape index (κ2) is 6.02. The fraction of sp³-hybridized carbons (Fsp3) is 0.571. The topological polar surface area (TPSA) is 62.8 Å². The molecule has 0 saturated carbocycles. The van der Waals surface area contributed by atoms with Crippen molar-refractivity contribution in [2.45, 2.75) is 38.1 Å². The van der Waals surface area contributed by atoms with E-state index in [1.54, 1.807) is 6.20 Å². The molecule has 2 aromatic rings. The predicted molar refractivity (Wildman–Crippen MR) is 74.3 cm³/mol. The highest BCUT2D eigenvalue weighted by Crippen LogP contribution is 2.14. The number of imidazole rings is 1. The molecule has 19 heavy (non-hydrogen) atoms. The molecule has 0 unspecified atom stereocenters. The van der Waals surface area contributed by atoms with Crippen LogP contribution in [0.5, 0.6) is 6.01 Å². The molecule has 5 nitrogen and oxygen atoms in total. The van der Waals surface area contributed by atoms with Crippen molar-refractivity contribution in [3.8, 4) is 6.01 Å². The van der Waals surface area contributed by atoms with Gasteiger partial charge in [-0.3, -0.25) is 0 Å². The molecular weight excluding hydrogens is 240 g/mol. The van der Waals surface area contributed by atoms with Crippen LogP contribution >= 0.6 is 0 Å². The highest BCUT2D eigenvalue weighted by molar-refractivity contribution is 5.70. The summed E-state index contributed by atoms with van der Waals surface area (Å²) < 4.78 is 5.65. The summed E-state index contributed by atoms with van der Waals surface area (Å²) in [7, 11) is 0. The van der Waals surface area contributed by atoms with Crippen molar-refractivity contribution in [3.05, 3.63) is 18.3 Å². The first-order chi connectivity index (χ1) is 9.42. The molecule has 3 rings (SSSR count). The highest BCUT2D eigenvalue weighted by Gasteiger charge is 2.12. The molecule has 2 aromatic heterocycles. The van der Waals surface area contributed by atoms with Gasteiger partial charge < -0.3 is 15.0 Å². The Balaban J connectivity index is 1.44. The molecule has 102 valence electrons. The van der Waals surface area contributed by atoms with Crippen LogP contribution in [0.4, 0.5) is 0 Å². The van der Waals surface area contributed by atoms with Gasteiger partial charge in [-0.1, -0.05) is 6.42 Å². The summed E-state index contributed by atoms with van der Waals surface area (Å²) in [5.41, 5.74) is 1.64. The van der Waals surface area contributed by atoms with E-state index in [2.05, 4.69) is 20.3 Å². The molecule has 1 saturated heterocycles. The van der Waals surface area contributed by atoms with Crippen molar-refractivity contribution >= 4 is 11.2 Å². The number of fused-ring (bicyclic) bond motifs is 1. The highest BCUT2D eigenvalue weighted by atomic mass is 16.5. The van der Waals surface area contributed by atoms with Crippen molar-refractivity contribution in [1.82, 2.24) is 20.3 Å². The van der Waals surface area contributed by atoms with Crippen LogP contribution in [0.1, 0.15) is 32.1 Å². The van der Waals surface area contributed by atoms with E-state index in [1.807, 2.05) is 12.1 Å². The summed E-state index contributed by atoms with van der Waals surface area (Å²) in [6, 6.07) is 5.09. The Morgan fingerprint density at radius 3 is 3.21 bits per heavy atom. The Morgan fingerprint density at radius 1 is 1.37 bits per heavy atom. The van der Waals surface area contributed by atoms with E-state index in [1.165, 1.54) is 32.2 Å². The second-order valence-corrected chi connectivity index (χ2v) is 5.05. The number of hydrogen-bond acceptors (Lipinski definition) is 4. The molecule has 0 aliphatic carbocycles. The Labute approximate surface area is 112 Å². The number of aromatic nitrogens is 3. The van der Waals surface area contributed by atoms with E-state index >= 15 is 0 Å². The Hall–Kier alpha value is -1.62. The number of nitrogens with zero attached hydrogens (tertiary/aromatic N) is 2. The summed E-state index contributed by atoms with van der Waals surface area (Å²) in [5.74, 6) is 0. The zero-order valence-electron chi connectivity index (χ0n) is 11.1. The standard InChI is InChI=1S/C14H20N4O/c1-2-8-15-11(5-1)6-4-10-19-14-17-12-7-3-9-16-13(12)18-14/h3,7,9,11,15H,1-2,4-6,8,10H2,(H,16,17,18)/t11-/m1/s1. The fourth-order valence-corrected chi connectivity index (χ4v) is 2.56. The van der Waals surface area contributed by atoms with E-state index in [-0.39, 0.29) is 0 Å². The lowest BCUT2D eigenvalue weighted by atomic mass is 10.0. The zero-order valence-corrected chi connectivity index (χ0v) is 11.1. The van der Waals surface area contributed by atoms with Gasteiger partial charge in [-0.2, -0.15) is 4.98 Å². The van der Waals surface area contributed by atoms with Crippen molar-refractivity contribution in [1.29, 1.82) is 0 Å². The average Bonchev–Trinajstić information content (AvgIpc) is 2.87. The van der Waals surface area contributed by atoms with Gasteiger partial charge in [0.2, 0.25) is 0 Å². The van der Waals surface area contributed by atoms with Crippen LogP contribution in [0.3, 0.4) is 0 Å². The lowest BCUT2D eigenvalue weighted by Gasteiger charge is -2.23. The number of ether oxygens (including phenoxy) is 1. The summed E-state index contributed by atoms with van der Waals surface area (Å²) in [6.45, 7) is 1.87. The normalized spacial score (nSPS) is 19.7. The molecular formula is C14H20N4O. The van der Waals surface area contributed by atoms with Gasteiger partial charge in [-0.25, -0.2) is 4.98 Å². The van der Waals surface area contributed by atoms with Crippen LogP contribution < -0.4 is 10.1 Å². The van der Waals surface area contributed by atoms with Gasteiger partial charge in [0.05, 0.1) is 12.1 Å². The van der Waals surface area contributed by atoms with E-state index in [4.69, 9.17) is 4.74 Å². The first kappa shape index (κ1) is 12.4. The summed E-state index contributed by atoms with van der Waals surface area (Å²) in [6.07, 6.45) is 7.95. The molecule has 2 N–H and O–H groups in total. The number of piperidine rings is 1.